The fourth-order valence-electron chi connectivity index (χ4n) is 2.00. The molecule has 9 heteroatoms. The predicted octanol–water partition coefficient (Wildman–Crippen LogP) is -0.718. The lowest BCUT2D eigenvalue weighted by molar-refractivity contribution is -0.120. The molecule has 1 aromatic rings. The van der Waals surface area contributed by atoms with Crippen LogP contribution in [0.5, 0.6) is 0 Å². The molecule has 8 N–H and O–H groups in total. The van der Waals surface area contributed by atoms with Crippen molar-refractivity contribution in [2.24, 2.45) is 22.2 Å². The zero-order valence-electron chi connectivity index (χ0n) is 13.4. The molecule has 1 rings (SSSR count). The van der Waals surface area contributed by atoms with Gasteiger partial charge in [0.25, 0.3) is 5.91 Å². The first-order chi connectivity index (χ1) is 11.3. The van der Waals surface area contributed by atoms with Crippen LogP contribution in [0.1, 0.15) is 30.1 Å². The van der Waals surface area contributed by atoms with Crippen LogP contribution in [0.25, 0.3) is 0 Å². The van der Waals surface area contributed by atoms with Gasteiger partial charge in [-0.3, -0.25) is 19.4 Å². The quantitative estimate of drug-likeness (QED) is 0.240. The second-order valence-electron chi connectivity index (χ2n) is 5.10. The molecule has 0 heterocycles. The number of carbonyl (C=O) groups is 3. The Balaban J connectivity index is 2.77. The number of hydrogen-bond acceptors (Lipinski definition) is 4. The average Bonchev–Trinajstić information content (AvgIpc) is 2.49. The van der Waals surface area contributed by atoms with Crippen molar-refractivity contribution in [1.29, 1.82) is 0 Å². The number of benzene rings is 1. The van der Waals surface area contributed by atoms with Gasteiger partial charge in [0.2, 0.25) is 11.8 Å². The van der Waals surface area contributed by atoms with Gasteiger partial charge in [0.15, 0.2) is 5.96 Å². The minimum Gasteiger partial charge on any atom is -0.370 e. The SMILES string of the molecule is CC(=O)Nc1ccccc1C(=O)NC(CCCN=C(N)N)C(N)=O. The Kier molecular flexibility index (Phi) is 7.21. The van der Waals surface area contributed by atoms with Crippen LogP contribution in [0.2, 0.25) is 0 Å². The Bertz CT molecular complexity index is 640. The van der Waals surface area contributed by atoms with Crippen molar-refractivity contribution >= 4 is 29.4 Å². The summed E-state index contributed by atoms with van der Waals surface area (Å²) in [4.78, 5) is 38.9. The van der Waals surface area contributed by atoms with Crippen molar-refractivity contribution in [2.45, 2.75) is 25.8 Å². The monoisotopic (exact) mass is 334 g/mol. The van der Waals surface area contributed by atoms with E-state index < -0.39 is 17.9 Å². The minimum absolute atomic E-state index is 0.0427. The van der Waals surface area contributed by atoms with E-state index in [1.165, 1.54) is 13.0 Å². The van der Waals surface area contributed by atoms with Gasteiger partial charge in [-0.2, -0.15) is 0 Å². The maximum Gasteiger partial charge on any atom is 0.254 e. The number of guanidine groups is 1. The van der Waals surface area contributed by atoms with Gasteiger partial charge in [-0.25, -0.2) is 0 Å². The minimum atomic E-state index is -0.864. The largest absolute Gasteiger partial charge is 0.370 e. The number of anilines is 1. The summed E-state index contributed by atoms with van der Waals surface area (Å²) in [5.41, 5.74) is 16.3. The molecule has 0 bridgehead atoms. The third kappa shape index (κ3) is 6.34. The van der Waals surface area contributed by atoms with E-state index in [4.69, 9.17) is 17.2 Å². The fourth-order valence-corrected chi connectivity index (χ4v) is 2.00. The molecule has 1 atom stereocenters. The summed E-state index contributed by atoms with van der Waals surface area (Å²) >= 11 is 0. The van der Waals surface area contributed by atoms with E-state index in [-0.39, 0.29) is 17.4 Å². The number of carbonyl (C=O) groups excluding carboxylic acids is 3. The summed E-state index contributed by atoms with van der Waals surface area (Å²) in [6, 6.07) is 5.60. The highest BCUT2D eigenvalue weighted by molar-refractivity contribution is 6.04. The summed E-state index contributed by atoms with van der Waals surface area (Å²) in [5.74, 6) is -1.52. The number of hydrogen-bond donors (Lipinski definition) is 5. The molecule has 130 valence electrons. The number of nitrogens with one attached hydrogen (secondary N) is 2. The maximum atomic E-state index is 12.4. The standard InChI is InChI=1S/C15H22N6O3/c1-9(22)20-11-6-3-2-5-10(11)14(24)21-12(13(16)23)7-4-8-19-15(17)18/h2-3,5-6,12H,4,7-8H2,1H3,(H2,16,23)(H,20,22)(H,21,24)(H4,17,18,19). The van der Waals surface area contributed by atoms with E-state index >= 15 is 0 Å². The van der Waals surface area contributed by atoms with Gasteiger partial charge in [0.1, 0.15) is 6.04 Å². The molecule has 0 saturated carbocycles. The van der Waals surface area contributed by atoms with Crippen molar-refractivity contribution in [3.05, 3.63) is 29.8 Å². The van der Waals surface area contributed by atoms with Crippen molar-refractivity contribution in [3.8, 4) is 0 Å². The Morgan fingerprint density at radius 1 is 1.17 bits per heavy atom. The van der Waals surface area contributed by atoms with Gasteiger partial charge in [-0.15, -0.1) is 0 Å². The van der Waals surface area contributed by atoms with Crippen LogP contribution in [-0.2, 0) is 9.59 Å². The molecule has 0 aliphatic carbocycles. The summed E-state index contributed by atoms with van der Waals surface area (Å²) in [6.45, 7) is 1.66. The zero-order chi connectivity index (χ0) is 18.1. The third-order valence-corrected chi connectivity index (χ3v) is 3.08. The Morgan fingerprint density at radius 3 is 2.42 bits per heavy atom. The summed E-state index contributed by atoms with van der Waals surface area (Å²) < 4.78 is 0. The number of amides is 3. The van der Waals surface area contributed by atoms with Gasteiger partial charge in [-0.1, -0.05) is 12.1 Å². The molecule has 24 heavy (non-hydrogen) atoms. The van der Waals surface area contributed by atoms with Gasteiger partial charge in [0.05, 0.1) is 11.3 Å². The molecule has 0 fully saturated rings. The first kappa shape index (κ1) is 18.9. The first-order valence-electron chi connectivity index (χ1n) is 7.33. The Labute approximate surface area is 139 Å². The molecule has 0 spiro atoms. The van der Waals surface area contributed by atoms with E-state index in [0.29, 0.717) is 25.1 Å². The predicted molar refractivity (Wildman–Crippen MR) is 91.1 cm³/mol. The second-order valence-corrected chi connectivity index (χ2v) is 5.10. The van der Waals surface area contributed by atoms with Crippen LogP contribution in [0.3, 0.4) is 0 Å². The number of para-hydroxylation sites is 1. The highest BCUT2D eigenvalue weighted by Crippen LogP contribution is 2.15. The van der Waals surface area contributed by atoms with Gasteiger partial charge >= 0.3 is 0 Å². The molecule has 0 aliphatic rings. The number of nitrogens with two attached hydrogens (primary N) is 3. The number of rotatable bonds is 8. The lowest BCUT2D eigenvalue weighted by atomic mass is 10.1. The highest BCUT2D eigenvalue weighted by Gasteiger charge is 2.20. The smallest absolute Gasteiger partial charge is 0.254 e. The number of primary amides is 1. The van der Waals surface area contributed by atoms with Crippen LogP contribution >= 0.6 is 0 Å². The van der Waals surface area contributed by atoms with Gasteiger partial charge in [-0.05, 0) is 25.0 Å². The van der Waals surface area contributed by atoms with Crippen molar-refractivity contribution in [3.63, 3.8) is 0 Å². The van der Waals surface area contributed by atoms with Crippen LogP contribution in [0.15, 0.2) is 29.3 Å². The van der Waals surface area contributed by atoms with E-state index in [1.54, 1.807) is 18.2 Å². The molecule has 1 unspecified atom stereocenters. The third-order valence-electron chi connectivity index (χ3n) is 3.08. The second kappa shape index (κ2) is 9.13. The molecule has 9 nitrogen and oxygen atoms in total. The highest BCUT2D eigenvalue weighted by atomic mass is 16.2. The van der Waals surface area contributed by atoms with Crippen LogP contribution in [0, 0.1) is 0 Å². The zero-order valence-corrected chi connectivity index (χ0v) is 13.4. The van der Waals surface area contributed by atoms with E-state index in [0.717, 1.165) is 0 Å². The first-order valence-corrected chi connectivity index (χ1v) is 7.33. The normalized spacial score (nSPS) is 11.2. The van der Waals surface area contributed by atoms with Crippen molar-refractivity contribution in [1.82, 2.24) is 5.32 Å². The molecule has 0 aromatic heterocycles. The molecule has 0 aliphatic heterocycles. The Morgan fingerprint density at radius 2 is 1.83 bits per heavy atom. The lowest BCUT2D eigenvalue weighted by Crippen LogP contribution is -2.44. The molecule has 0 saturated heterocycles. The lowest BCUT2D eigenvalue weighted by Gasteiger charge is -2.16. The molecular weight excluding hydrogens is 312 g/mol. The molecule has 1 aromatic carbocycles. The Hall–Kier alpha value is -3.10. The summed E-state index contributed by atoms with van der Waals surface area (Å²) in [6.07, 6.45) is 0.763. The van der Waals surface area contributed by atoms with Crippen molar-refractivity contribution in [2.75, 3.05) is 11.9 Å². The average molecular weight is 334 g/mol. The summed E-state index contributed by atoms with van der Waals surface area (Å²) in [7, 11) is 0. The number of aliphatic imine (C=N–C) groups is 1. The summed E-state index contributed by atoms with van der Waals surface area (Å²) in [5, 5.41) is 5.12. The van der Waals surface area contributed by atoms with Crippen LogP contribution in [-0.4, -0.2) is 36.3 Å². The molecule has 0 radical (unpaired) electrons. The van der Waals surface area contributed by atoms with Gasteiger partial charge in [0, 0.05) is 13.5 Å². The molecule has 3 amide bonds. The topological polar surface area (TPSA) is 166 Å². The van der Waals surface area contributed by atoms with Crippen LogP contribution < -0.4 is 27.8 Å². The van der Waals surface area contributed by atoms with Crippen molar-refractivity contribution < 1.29 is 14.4 Å². The van der Waals surface area contributed by atoms with E-state index in [1.807, 2.05) is 0 Å². The van der Waals surface area contributed by atoms with E-state index in [9.17, 15) is 14.4 Å². The fraction of sp³-hybridized carbons (Fsp3) is 0.333. The van der Waals surface area contributed by atoms with Gasteiger partial charge < -0.3 is 27.8 Å². The molecular formula is C15H22N6O3. The van der Waals surface area contributed by atoms with E-state index in [2.05, 4.69) is 15.6 Å². The maximum absolute atomic E-state index is 12.4. The van der Waals surface area contributed by atoms with Crippen LogP contribution in [0.4, 0.5) is 5.69 Å². The number of nitrogens with zero attached hydrogens (tertiary/aromatic N) is 1.